The maximum Gasteiger partial charge on any atom is 0.319 e. The van der Waals surface area contributed by atoms with Crippen molar-refractivity contribution in [3.8, 4) is 0 Å². The zero-order chi connectivity index (χ0) is 20.8. The number of benzene rings is 1. The van der Waals surface area contributed by atoms with Crippen LogP contribution in [-0.2, 0) is 11.3 Å². The molecule has 29 heavy (non-hydrogen) atoms. The average molecular weight is 397 g/mol. The number of nitrogens with one attached hydrogen (secondary N) is 2. The summed E-state index contributed by atoms with van der Waals surface area (Å²) in [6, 6.07) is 9.96. The second kappa shape index (κ2) is 9.74. The quantitative estimate of drug-likeness (QED) is 0.755. The predicted octanol–water partition coefficient (Wildman–Crippen LogP) is 4.49. The van der Waals surface area contributed by atoms with E-state index in [1.807, 2.05) is 12.1 Å². The van der Waals surface area contributed by atoms with Gasteiger partial charge in [0.1, 0.15) is 5.82 Å². The zero-order valence-electron chi connectivity index (χ0n) is 17.9. The van der Waals surface area contributed by atoms with E-state index >= 15 is 0 Å². The van der Waals surface area contributed by atoms with E-state index in [2.05, 4.69) is 66.4 Å². The fourth-order valence-corrected chi connectivity index (χ4v) is 3.66. The number of morpholine rings is 1. The van der Waals surface area contributed by atoms with Crippen molar-refractivity contribution in [2.45, 2.75) is 46.1 Å². The van der Waals surface area contributed by atoms with Crippen molar-refractivity contribution >= 4 is 17.5 Å². The number of para-hydroxylation sites is 1. The molecule has 0 bridgehead atoms. The van der Waals surface area contributed by atoms with Crippen LogP contribution in [0.15, 0.2) is 36.5 Å². The number of nitrogens with zero attached hydrogens (tertiary/aromatic N) is 2. The number of pyridine rings is 1. The summed E-state index contributed by atoms with van der Waals surface area (Å²) in [6.45, 7) is 12.0. The van der Waals surface area contributed by atoms with Crippen molar-refractivity contribution in [1.29, 1.82) is 0 Å². The van der Waals surface area contributed by atoms with Gasteiger partial charge in [-0.3, -0.25) is 0 Å². The minimum atomic E-state index is -0.197. The zero-order valence-corrected chi connectivity index (χ0v) is 17.9. The number of carbonyl (C=O) groups is 1. The molecule has 1 aromatic carbocycles. The van der Waals surface area contributed by atoms with Gasteiger partial charge in [0.2, 0.25) is 0 Å². The SMILES string of the molecule is CC(C)c1cccc(C(C)C)c1NC(=O)NCc1cccnc1N1CCOCC1. The molecule has 156 valence electrons. The van der Waals surface area contributed by atoms with Crippen molar-refractivity contribution in [3.63, 3.8) is 0 Å². The molecule has 1 aliphatic heterocycles. The summed E-state index contributed by atoms with van der Waals surface area (Å²) < 4.78 is 5.44. The van der Waals surface area contributed by atoms with E-state index in [1.165, 1.54) is 0 Å². The van der Waals surface area contributed by atoms with E-state index in [-0.39, 0.29) is 6.03 Å². The lowest BCUT2D eigenvalue weighted by molar-refractivity contribution is 0.122. The first-order valence-electron chi connectivity index (χ1n) is 10.4. The van der Waals surface area contributed by atoms with Gasteiger partial charge in [-0.2, -0.15) is 0 Å². The minimum Gasteiger partial charge on any atom is -0.378 e. The third kappa shape index (κ3) is 5.26. The first-order chi connectivity index (χ1) is 14.0. The summed E-state index contributed by atoms with van der Waals surface area (Å²) in [5.41, 5.74) is 4.24. The maximum absolute atomic E-state index is 12.7. The van der Waals surface area contributed by atoms with Crippen LogP contribution in [0.25, 0.3) is 0 Å². The van der Waals surface area contributed by atoms with Gasteiger partial charge in [0, 0.05) is 37.1 Å². The number of aromatic nitrogens is 1. The number of hydrogen-bond donors (Lipinski definition) is 2. The number of urea groups is 1. The Morgan fingerprint density at radius 1 is 1.07 bits per heavy atom. The van der Waals surface area contributed by atoms with E-state index < -0.39 is 0 Å². The Kier molecular flexibility index (Phi) is 7.09. The van der Waals surface area contributed by atoms with Gasteiger partial charge < -0.3 is 20.3 Å². The lowest BCUT2D eigenvalue weighted by atomic mass is 9.93. The van der Waals surface area contributed by atoms with Crippen LogP contribution in [0.4, 0.5) is 16.3 Å². The van der Waals surface area contributed by atoms with Crippen LogP contribution in [0, 0.1) is 0 Å². The minimum absolute atomic E-state index is 0.197. The summed E-state index contributed by atoms with van der Waals surface area (Å²) >= 11 is 0. The van der Waals surface area contributed by atoms with Gasteiger partial charge in [-0.05, 0) is 29.0 Å². The topological polar surface area (TPSA) is 66.5 Å². The van der Waals surface area contributed by atoms with Crippen molar-refractivity contribution in [2.75, 3.05) is 36.5 Å². The fourth-order valence-electron chi connectivity index (χ4n) is 3.66. The Balaban J connectivity index is 1.72. The van der Waals surface area contributed by atoms with Gasteiger partial charge in [-0.25, -0.2) is 9.78 Å². The van der Waals surface area contributed by atoms with Crippen LogP contribution in [0.5, 0.6) is 0 Å². The molecule has 2 amide bonds. The normalized spacial score (nSPS) is 14.3. The Bertz CT molecular complexity index is 803. The van der Waals surface area contributed by atoms with Crippen LogP contribution in [0.2, 0.25) is 0 Å². The molecule has 1 aromatic heterocycles. The first kappa shape index (κ1) is 21.1. The third-order valence-electron chi connectivity index (χ3n) is 5.23. The van der Waals surface area contributed by atoms with Gasteiger partial charge in [-0.1, -0.05) is 52.0 Å². The molecule has 0 aliphatic carbocycles. The highest BCUT2D eigenvalue weighted by atomic mass is 16.5. The highest BCUT2D eigenvalue weighted by Crippen LogP contribution is 2.32. The molecule has 2 heterocycles. The van der Waals surface area contributed by atoms with Crippen molar-refractivity contribution < 1.29 is 9.53 Å². The first-order valence-corrected chi connectivity index (χ1v) is 10.4. The molecule has 0 saturated carbocycles. The highest BCUT2D eigenvalue weighted by molar-refractivity contribution is 5.91. The van der Waals surface area contributed by atoms with Gasteiger partial charge in [0.25, 0.3) is 0 Å². The van der Waals surface area contributed by atoms with Crippen LogP contribution in [-0.4, -0.2) is 37.3 Å². The number of anilines is 2. The monoisotopic (exact) mass is 396 g/mol. The number of rotatable bonds is 6. The van der Waals surface area contributed by atoms with Crippen molar-refractivity contribution in [3.05, 3.63) is 53.2 Å². The fraction of sp³-hybridized carbons (Fsp3) is 0.478. The molecule has 3 rings (SSSR count). The molecule has 0 unspecified atom stereocenters. The predicted molar refractivity (Wildman–Crippen MR) is 118 cm³/mol. The third-order valence-corrected chi connectivity index (χ3v) is 5.23. The maximum atomic E-state index is 12.7. The van der Waals surface area contributed by atoms with Gasteiger partial charge >= 0.3 is 6.03 Å². The molecule has 0 spiro atoms. The van der Waals surface area contributed by atoms with Crippen LogP contribution in [0.1, 0.15) is 56.2 Å². The Morgan fingerprint density at radius 2 is 1.72 bits per heavy atom. The van der Waals surface area contributed by atoms with Crippen molar-refractivity contribution in [2.24, 2.45) is 0 Å². The lowest BCUT2D eigenvalue weighted by Gasteiger charge is -2.29. The molecular weight excluding hydrogens is 364 g/mol. The van der Waals surface area contributed by atoms with Crippen LogP contribution in [0.3, 0.4) is 0 Å². The standard InChI is InChI=1S/C23H32N4O2/c1-16(2)19-8-5-9-20(17(3)4)21(19)26-23(28)25-15-18-7-6-10-24-22(18)27-11-13-29-14-12-27/h5-10,16-17H,11-15H2,1-4H3,(H2,25,26,28). The van der Waals surface area contributed by atoms with Gasteiger partial charge in [0.05, 0.1) is 13.2 Å². The Labute approximate surface area is 173 Å². The molecular formula is C23H32N4O2. The molecule has 6 nitrogen and oxygen atoms in total. The van der Waals surface area contributed by atoms with E-state index in [1.54, 1.807) is 6.20 Å². The number of ether oxygens (including phenoxy) is 1. The Hall–Kier alpha value is -2.60. The summed E-state index contributed by atoms with van der Waals surface area (Å²) in [5.74, 6) is 1.58. The molecule has 1 saturated heterocycles. The molecule has 6 heteroatoms. The summed E-state index contributed by atoms with van der Waals surface area (Å²) in [7, 11) is 0. The Morgan fingerprint density at radius 3 is 2.34 bits per heavy atom. The smallest absolute Gasteiger partial charge is 0.319 e. The second-order valence-corrected chi connectivity index (χ2v) is 8.01. The molecule has 1 aliphatic rings. The summed E-state index contributed by atoms with van der Waals surface area (Å²) in [6.07, 6.45) is 1.79. The molecule has 0 radical (unpaired) electrons. The molecule has 0 atom stereocenters. The second-order valence-electron chi connectivity index (χ2n) is 8.01. The van der Waals surface area contributed by atoms with E-state index in [0.29, 0.717) is 31.6 Å². The van der Waals surface area contributed by atoms with E-state index in [4.69, 9.17) is 4.74 Å². The van der Waals surface area contributed by atoms with Gasteiger partial charge in [-0.15, -0.1) is 0 Å². The lowest BCUT2D eigenvalue weighted by Crippen LogP contribution is -2.38. The largest absolute Gasteiger partial charge is 0.378 e. The number of hydrogen-bond acceptors (Lipinski definition) is 4. The summed E-state index contributed by atoms with van der Waals surface area (Å²) in [4.78, 5) is 19.5. The van der Waals surface area contributed by atoms with Crippen molar-refractivity contribution in [1.82, 2.24) is 10.3 Å². The van der Waals surface area contributed by atoms with E-state index in [0.717, 1.165) is 41.3 Å². The van der Waals surface area contributed by atoms with Crippen LogP contribution >= 0.6 is 0 Å². The van der Waals surface area contributed by atoms with Crippen LogP contribution < -0.4 is 15.5 Å². The molecule has 2 aromatic rings. The highest BCUT2D eigenvalue weighted by Gasteiger charge is 2.18. The van der Waals surface area contributed by atoms with E-state index in [9.17, 15) is 4.79 Å². The number of amides is 2. The van der Waals surface area contributed by atoms with Gasteiger partial charge in [0.15, 0.2) is 0 Å². The molecule has 2 N–H and O–H groups in total. The summed E-state index contributed by atoms with van der Waals surface area (Å²) in [5, 5.41) is 6.12. The molecule has 1 fully saturated rings. The number of carbonyl (C=O) groups excluding carboxylic acids is 1. The average Bonchev–Trinajstić information content (AvgIpc) is 2.73.